The highest BCUT2D eigenvalue weighted by Gasteiger charge is 2.37. The maximum Gasteiger partial charge on any atom is 0.253 e. The van der Waals surface area contributed by atoms with Crippen molar-refractivity contribution in [3.8, 4) is 0 Å². The number of amides is 1. The number of benzene rings is 1. The van der Waals surface area contributed by atoms with Crippen LogP contribution in [0.3, 0.4) is 0 Å². The first-order valence-corrected chi connectivity index (χ1v) is 12.6. The molecule has 34 heavy (non-hydrogen) atoms. The molecule has 0 spiro atoms. The number of rotatable bonds is 10. The van der Waals surface area contributed by atoms with Crippen LogP contribution in [0.2, 0.25) is 0 Å². The number of aromatic nitrogens is 1. The summed E-state index contributed by atoms with van der Waals surface area (Å²) in [5.41, 5.74) is 2.12. The summed E-state index contributed by atoms with van der Waals surface area (Å²) in [4.78, 5) is 30.0. The monoisotopic (exact) mass is 468 g/mol. The van der Waals surface area contributed by atoms with E-state index in [1.54, 1.807) is 7.11 Å². The number of methoxy groups -OCH3 is 1. The molecule has 2 unspecified atom stereocenters. The molecular weight excluding hydrogens is 432 g/mol. The average Bonchev–Trinajstić information content (AvgIpc) is 3.53. The van der Waals surface area contributed by atoms with Gasteiger partial charge in [0.1, 0.15) is 18.4 Å². The number of aldehydes is 1. The third-order valence-electron chi connectivity index (χ3n) is 7.43. The summed E-state index contributed by atoms with van der Waals surface area (Å²) in [5.74, 6) is 0.0675. The number of nitrogens with zero attached hydrogens (tertiary/aromatic N) is 3. The van der Waals surface area contributed by atoms with Crippen molar-refractivity contribution in [2.24, 2.45) is 0 Å². The molecule has 3 atom stereocenters. The van der Waals surface area contributed by atoms with Crippen LogP contribution in [0.15, 0.2) is 30.5 Å². The van der Waals surface area contributed by atoms with Gasteiger partial charge in [-0.2, -0.15) is 0 Å². The lowest BCUT2D eigenvalue weighted by Crippen LogP contribution is -2.49. The van der Waals surface area contributed by atoms with Crippen molar-refractivity contribution in [1.29, 1.82) is 0 Å². The largest absolute Gasteiger partial charge is 0.383 e. The number of hydrogen-bond donors (Lipinski definition) is 1. The average molecular weight is 469 g/mol. The van der Waals surface area contributed by atoms with E-state index in [0.717, 1.165) is 61.5 Å². The minimum atomic E-state index is -0.418. The van der Waals surface area contributed by atoms with Crippen LogP contribution in [0.1, 0.15) is 37.3 Å². The Balaban J connectivity index is 1.40. The number of carbonyl (C=O) groups excluding carboxylic acids is 2. The molecule has 3 heterocycles. The number of likely N-dealkylation sites (tertiary alicyclic amines) is 1. The first-order chi connectivity index (χ1) is 16.7. The Kier molecular flexibility index (Phi) is 7.29. The zero-order chi connectivity index (χ0) is 23.5. The van der Waals surface area contributed by atoms with E-state index in [4.69, 9.17) is 9.47 Å². The molecule has 1 aliphatic carbocycles. The van der Waals surface area contributed by atoms with Gasteiger partial charge in [-0.25, -0.2) is 0 Å². The second-order valence-corrected chi connectivity index (χ2v) is 9.79. The van der Waals surface area contributed by atoms with E-state index in [9.17, 15) is 9.59 Å². The van der Waals surface area contributed by atoms with Crippen LogP contribution in [-0.2, 0) is 25.6 Å². The quantitative estimate of drug-likeness (QED) is 0.538. The molecule has 3 fully saturated rings. The van der Waals surface area contributed by atoms with E-state index in [1.807, 2.05) is 17.0 Å². The van der Waals surface area contributed by atoms with E-state index < -0.39 is 6.10 Å². The predicted molar refractivity (Wildman–Crippen MR) is 130 cm³/mol. The zero-order valence-corrected chi connectivity index (χ0v) is 20.0. The van der Waals surface area contributed by atoms with Crippen molar-refractivity contribution >= 4 is 23.1 Å². The summed E-state index contributed by atoms with van der Waals surface area (Å²) in [5, 5.41) is 4.37. The second kappa shape index (κ2) is 10.6. The van der Waals surface area contributed by atoms with Crippen LogP contribution in [0.5, 0.6) is 0 Å². The minimum absolute atomic E-state index is 0.0675. The topological polar surface area (TPSA) is 76.0 Å². The molecule has 0 radical (unpaired) electrons. The fraction of sp³-hybridized carbons (Fsp3) is 0.615. The van der Waals surface area contributed by atoms with Crippen LogP contribution in [0.4, 0.5) is 0 Å². The van der Waals surface area contributed by atoms with Crippen LogP contribution >= 0.6 is 0 Å². The Morgan fingerprint density at radius 3 is 2.91 bits per heavy atom. The Hall–Kier alpha value is -2.26. The van der Waals surface area contributed by atoms with E-state index in [-0.39, 0.29) is 18.0 Å². The van der Waals surface area contributed by atoms with Crippen molar-refractivity contribution in [3.63, 3.8) is 0 Å². The van der Waals surface area contributed by atoms with Crippen molar-refractivity contribution in [2.45, 2.75) is 56.5 Å². The fourth-order valence-electron chi connectivity index (χ4n) is 5.50. The highest BCUT2D eigenvalue weighted by atomic mass is 16.5. The van der Waals surface area contributed by atoms with Gasteiger partial charge in [-0.3, -0.25) is 9.69 Å². The molecule has 0 bridgehead atoms. The van der Waals surface area contributed by atoms with Crippen LogP contribution in [-0.4, -0.2) is 91.3 Å². The number of fused-ring (bicyclic) bond motifs is 1. The molecule has 2 saturated heterocycles. The normalized spacial score (nSPS) is 24.4. The maximum absolute atomic E-state index is 13.3. The molecule has 1 aromatic heterocycles. The number of ether oxygens (including phenoxy) is 2. The third-order valence-corrected chi connectivity index (χ3v) is 7.43. The fourth-order valence-corrected chi connectivity index (χ4v) is 5.50. The van der Waals surface area contributed by atoms with E-state index in [0.29, 0.717) is 38.9 Å². The molecular formula is C26H36N4O4. The van der Waals surface area contributed by atoms with Gasteiger partial charge in [-0.15, -0.1) is 0 Å². The van der Waals surface area contributed by atoms with E-state index in [1.165, 1.54) is 0 Å². The van der Waals surface area contributed by atoms with E-state index >= 15 is 0 Å². The number of para-hydroxylation sites is 1. The first-order valence-electron chi connectivity index (χ1n) is 12.6. The zero-order valence-electron chi connectivity index (χ0n) is 20.0. The predicted octanol–water partition coefficient (Wildman–Crippen LogP) is 1.97. The molecule has 8 nitrogen and oxygen atoms in total. The summed E-state index contributed by atoms with van der Waals surface area (Å²) in [7, 11) is 1.74. The number of nitrogens with one attached hydrogen (secondary N) is 1. The standard InChI is InChI=1S/C26H36N4O4/c1-33-18-21-5-4-11-28(21)16-22(17-31)29-14-19(23-6-2-3-7-24(23)29)15-30(20-8-9-20)26(32)25-13-27-10-12-34-25/h2-3,6-7,14,17,20-22,25,27H,4-5,8-13,15-16,18H2,1H3/t21-,22?,25?/m1/s1. The molecule has 1 amide bonds. The smallest absolute Gasteiger partial charge is 0.253 e. The Morgan fingerprint density at radius 2 is 2.18 bits per heavy atom. The Bertz CT molecular complexity index is 998. The first kappa shape index (κ1) is 23.5. The molecule has 3 aliphatic rings. The van der Waals surface area contributed by atoms with Crippen molar-refractivity contribution in [1.82, 2.24) is 19.7 Å². The summed E-state index contributed by atoms with van der Waals surface area (Å²) < 4.78 is 13.3. The van der Waals surface area contributed by atoms with Crippen molar-refractivity contribution in [3.05, 3.63) is 36.0 Å². The lowest BCUT2D eigenvalue weighted by molar-refractivity contribution is -0.146. The number of morpholine rings is 1. The lowest BCUT2D eigenvalue weighted by Gasteiger charge is -2.30. The van der Waals surface area contributed by atoms with Gasteiger partial charge in [0.15, 0.2) is 0 Å². The Labute approximate surface area is 201 Å². The molecule has 1 aromatic carbocycles. The Morgan fingerprint density at radius 1 is 1.32 bits per heavy atom. The molecule has 2 aliphatic heterocycles. The number of hydrogen-bond acceptors (Lipinski definition) is 6. The van der Waals surface area contributed by atoms with Crippen LogP contribution in [0, 0.1) is 0 Å². The number of carbonyl (C=O) groups is 2. The van der Waals surface area contributed by atoms with Gasteiger partial charge < -0.3 is 29.1 Å². The van der Waals surface area contributed by atoms with E-state index in [2.05, 4.69) is 33.1 Å². The van der Waals surface area contributed by atoms with Gasteiger partial charge >= 0.3 is 0 Å². The molecule has 184 valence electrons. The van der Waals surface area contributed by atoms with Crippen molar-refractivity contribution < 1.29 is 19.1 Å². The molecule has 5 rings (SSSR count). The highest BCUT2D eigenvalue weighted by molar-refractivity contribution is 5.86. The third kappa shape index (κ3) is 4.91. The molecule has 1 N–H and O–H groups in total. The van der Waals surface area contributed by atoms with Crippen molar-refractivity contribution in [2.75, 3.05) is 46.5 Å². The van der Waals surface area contributed by atoms with Gasteiger partial charge in [0, 0.05) is 62.5 Å². The second-order valence-electron chi connectivity index (χ2n) is 9.79. The highest BCUT2D eigenvalue weighted by Crippen LogP contribution is 2.33. The molecule has 1 saturated carbocycles. The van der Waals surface area contributed by atoms with Crippen LogP contribution in [0.25, 0.3) is 10.9 Å². The van der Waals surface area contributed by atoms with Gasteiger partial charge in [0.05, 0.1) is 13.2 Å². The van der Waals surface area contributed by atoms with Gasteiger partial charge in [0.2, 0.25) is 0 Å². The van der Waals surface area contributed by atoms with Gasteiger partial charge in [-0.1, -0.05) is 18.2 Å². The minimum Gasteiger partial charge on any atom is -0.383 e. The lowest BCUT2D eigenvalue weighted by atomic mass is 10.1. The summed E-state index contributed by atoms with van der Waals surface area (Å²) >= 11 is 0. The SMILES string of the molecule is COC[C@H]1CCCN1CC(C=O)n1cc(CN(C(=O)C2CNCCO2)C2CC2)c2ccccc21. The summed E-state index contributed by atoms with van der Waals surface area (Å²) in [6.07, 6.45) is 7.05. The van der Waals surface area contributed by atoms with Gasteiger partial charge in [-0.05, 0) is 43.9 Å². The summed E-state index contributed by atoms with van der Waals surface area (Å²) in [6, 6.07) is 8.57. The molecule has 2 aromatic rings. The summed E-state index contributed by atoms with van der Waals surface area (Å²) in [6.45, 7) is 4.81. The maximum atomic E-state index is 13.3. The molecule has 8 heteroatoms. The van der Waals surface area contributed by atoms with Crippen LogP contribution < -0.4 is 5.32 Å². The van der Waals surface area contributed by atoms with Gasteiger partial charge in [0.25, 0.3) is 5.91 Å².